The molecule has 0 spiro atoms. The van der Waals surface area contributed by atoms with Crippen LogP contribution in [0.3, 0.4) is 0 Å². The number of thioether (sulfide) groups is 1. The molecule has 32 heavy (non-hydrogen) atoms. The summed E-state index contributed by atoms with van der Waals surface area (Å²) in [5, 5.41) is 0. The molecule has 1 saturated heterocycles. The zero-order valence-electron chi connectivity index (χ0n) is 18.4. The van der Waals surface area contributed by atoms with E-state index in [-0.39, 0.29) is 6.61 Å². The molecular formula is C24H29NO6S. The van der Waals surface area contributed by atoms with Gasteiger partial charge in [0, 0.05) is 18.7 Å². The maximum atomic E-state index is 11.8. The van der Waals surface area contributed by atoms with E-state index in [4.69, 9.17) is 24.7 Å². The third-order valence-corrected chi connectivity index (χ3v) is 6.14. The van der Waals surface area contributed by atoms with Gasteiger partial charge in [-0.05, 0) is 24.6 Å². The summed E-state index contributed by atoms with van der Waals surface area (Å²) in [6.07, 6.45) is -2.28. The third kappa shape index (κ3) is 6.80. The van der Waals surface area contributed by atoms with Crippen LogP contribution in [0.15, 0.2) is 59.5 Å². The molecule has 5 atom stereocenters. The molecule has 0 radical (unpaired) electrons. The number of ether oxygens (including phenoxy) is 4. The zero-order valence-corrected chi connectivity index (χ0v) is 19.2. The SMILES string of the molecule is CC(=O)O[C@@H]1[C@@H](OC(C)=O)[C@@H](N)[C@@H](COCc2ccccc2)O[C@H]1Sc1ccc(C)cc1. The molecule has 0 bridgehead atoms. The summed E-state index contributed by atoms with van der Waals surface area (Å²) in [7, 11) is 0. The second-order valence-electron chi connectivity index (χ2n) is 7.70. The van der Waals surface area contributed by atoms with E-state index in [1.54, 1.807) is 0 Å². The molecule has 1 fully saturated rings. The van der Waals surface area contributed by atoms with Crippen LogP contribution < -0.4 is 5.73 Å². The summed E-state index contributed by atoms with van der Waals surface area (Å²) in [6.45, 7) is 5.21. The minimum absolute atomic E-state index is 0.200. The van der Waals surface area contributed by atoms with Crippen molar-refractivity contribution in [2.75, 3.05) is 6.61 Å². The van der Waals surface area contributed by atoms with Gasteiger partial charge >= 0.3 is 11.9 Å². The summed E-state index contributed by atoms with van der Waals surface area (Å²) >= 11 is 1.39. The molecule has 2 aromatic carbocycles. The van der Waals surface area contributed by atoms with Gasteiger partial charge in [0.15, 0.2) is 12.2 Å². The van der Waals surface area contributed by atoms with Gasteiger partial charge in [-0.2, -0.15) is 0 Å². The molecule has 0 saturated carbocycles. The molecule has 8 heteroatoms. The first-order valence-electron chi connectivity index (χ1n) is 10.4. The fraction of sp³-hybridized carbons (Fsp3) is 0.417. The van der Waals surface area contributed by atoms with Gasteiger partial charge in [-0.15, -0.1) is 0 Å². The highest BCUT2D eigenvalue weighted by Crippen LogP contribution is 2.36. The zero-order chi connectivity index (χ0) is 23.1. The van der Waals surface area contributed by atoms with Crippen LogP contribution in [0.1, 0.15) is 25.0 Å². The number of hydrogen-bond acceptors (Lipinski definition) is 8. The molecule has 2 aromatic rings. The van der Waals surface area contributed by atoms with Crippen LogP contribution in [-0.4, -0.2) is 48.3 Å². The lowest BCUT2D eigenvalue weighted by molar-refractivity contribution is -0.202. The Labute approximate surface area is 192 Å². The van der Waals surface area contributed by atoms with Crippen molar-refractivity contribution >= 4 is 23.7 Å². The van der Waals surface area contributed by atoms with Crippen molar-refractivity contribution in [1.29, 1.82) is 0 Å². The Morgan fingerprint density at radius 3 is 2.22 bits per heavy atom. The highest BCUT2D eigenvalue weighted by Gasteiger charge is 2.48. The minimum Gasteiger partial charge on any atom is -0.457 e. The molecule has 7 nitrogen and oxygen atoms in total. The number of hydrogen-bond donors (Lipinski definition) is 1. The van der Waals surface area contributed by atoms with Crippen molar-refractivity contribution in [2.45, 2.75) is 62.1 Å². The second kappa shape index (κ2) is 11.5. The van der Waals surface area contributed by atoms with Gasteiger partial charge in [-0.1, -0.05) is 59.8 Å². The Bertz CT molecular complexity index is 891. The maximum Gasteiger partial charge on any atom is 0.303 e. The number of esters is 2. The fourth-order valence-electron chi connectivity index (χ4n) is 3.44. The highest BCUT2D eigenvalue weighted by molar-refractivity contribution is 7.99. The first-order chi connectivity index (χ1) is 15.3. The smallest absolute Gasteiger partial charge is 0.303 e. The van der Waals surface area contributed by atoms with Crippen LogP contribution in [0.5, 0.6) is 0 Å². The van der Waals surface area contributed by atoms with E-state index in [0.29, 0.717) is 6.61 Å². The fourth-order valence-corrected chi connectivity index (χ4v) is 4.55. The molecule has 0 amide bonds. The van der Waals surface area contributed by atoms with E-state index in [1.165, 1.54) is 25.6 Å². The van der Waals surface area contributed by atoms with E-state index in [0.717, 1.165) is 16.0 Å². The van der Waals surface area contributed by atoms with Crippen LogP contribution in [0.25, 0.3) is 0 Å². The normalized spacial score (nSPS) is 25.2. The lowest BCUT2D eigenvalue weighted by Crippen LogP contribution is -2.63. The van der Waals surface area contributed by atoms with Crippen LogP contribution in [-0.2, 0) is 35.1 Å². The van der Waals surface area contributed by atoms with Crippen LogP contribution >= 0.6 is 11.8 Å². The van der Waals surface area contributed by atoms with Crippen molar-refractivity contribution in [1.82, 2.24) is 0 Å². The number of carbonyl (C=O) groups is 2. The monoisotopic (exact) mass is 459 g/mol. The van der Waals surface area contributed by atoms with Gasteiger partial charge in [0.2, 0.25) is 0 Å². The maximum absolute atomic E-state index is 11.8. The van der Waals surface area contributed by atoms with Crippen molar-refractivity contribution in [3.8, 4) is 0 Å². The highest BCUT2D eigenvalue weighted by atomic mass is 32.2. The minimum atomic E-state index is -0.863. The topological polar surface area (TPSA) is 97.1 Å². The molecule has 1 heterocycles. The quantitative estimate of drug-likeness (QED) is 0.601. The predicted molar refractivity (Wildman–Crippen MR) is 121 cm³/mol. The summed E-state index contributed by atoms with van der Waals surface area (Å²) < 4.78 is 23.1. The van der Waals surface area contributed by atoms with Crippen molar-refractivity contribution in [3.63, 3.8) is 0 Å². The van der Waals surface area contributed by atoms with Crippen molar-refractivity contribution in [3.05, 3.63) is 65.7 Å². The lowest BCUT2D eigenvalue weighted by atomic mass is 9.97. The van der Waals surface area contributed by atoms with Crippen LogP contribution in [0.2, 0.25) is 0 Å². The Morgan fingerprint density at radius 1 is 0.969 bits per heavy atom. The van der Waals surface area contributed by atoms with Gasteiger partial charge in [0.1, 0.15) is 11.5 Å². The van der Waals surface area contributed by atoms with Crippen LogP contribution in [0.4, 0.5) is 0 Å². The Balaban J connectivity index is 1.78. The van der Waals surface area contributed by atoms with E-state index >= 15 is 0 Å². The van der Waals surface area contributed by atoms with Crippen molar-refractivity contribution in [2.24, 2.45) is 5.73 Å². The number of rotatable bonds is 8. The molecule has 1 aliphatic heterocycles. The number of aryl methyl sites for hydroxylation is 1. The summed E-state index contributed by atoms with van der Waals surface area (Å²) in [4.78, 5) is 24.5. The standard InChI is InChI=1S/C24H29NO6S/c1-15-9-11-19(12-10-15)32-24-23(30-17(3)27)22(29-16(2)26)21(25)20(31-24)14-28-13-18-7-5-4-6-8-18/h4-12,20-24H,13-14,25H2,1-3H3/t20-,21+,22+,23-,24+/m1/s1. The Hall–Kier alpha value is -2.39. The van der Waals surface area contributed by atoms with E-state index in [9.17, 15) is 9.59 Å². The molecule has 1 aliphatic rings. The second-order valence-corrected chi connectivity index (χ2v) is 8.87. The third-order valence-electron chi connectivity index (χ3n) is 4.98. The van der Waals surface area contributed by atoms with Gasteiger partial charge in [-0.3, -0.25) is 9.59 Å². The largest absolute Gasteiger partial charge is 0.457 e. The summed E-state index contributed by atoms with van der Waals surface area (Å²) in [5.41, 5.74) is 7.93. The number of carbonyl (C=O) groups excluding carboxylic acids is 2. The predicted octanol–water partition coefficient (Wildman–Crippen LogP) is 3.22. The Morgan fingerprint density at radius 2 is 1.59 bits per heavy atom. The average Bonchev–Trinajstić information content (AvgIpc) is 2.75. The molecule has 172 valence electrons. The van der Waals surface area contributed by atoms with Gasteiger partial charge in [-0.25, -0.2) is 0 Å². The van der Waals surface area contributed by atoms with E-state index in [2.05, 4.69) is 0 Å². The van der Waals surface area contributed by atoms with E-state index in [1.807, 2.05) is 61.5 Å². The van der Waals surface area contributed by atoms with Crippen LogP contribution in [0, 0.1) is 6.92 Å². The molecule has 0 aliphatic carbocycles. The van der Waals surface area contributed by atoms with Gasteiger partial charge < -0.3 is 24.7 Å². The average molecular weight is 460 g/mol. The first kappa shape index (κ1) is 24.3. The molecule has 0 unspecified atom stereocenters. The lowest BCUT2D eigenvalue weighted by Gasteiger charge is -2.43. The molecule has 3 rings (SSSR count). The van der Waals surface area contributed by atoms with Crippen molar-refractivity contribution < 1.29 is 28.5 Å². The molecule has 0 aromatic heterocycles. The summed E-state index contributed by atoms with van der Waals surface area (Å²) in [5.74, 6) is -1.01. The first-order valence-corrected chi connectivity index (χ1v) is 11.3. The van der Waals surface area contributed by atoms with E-state index < -0.39 is 41.7 Å². The number of benzene rings is 2. The molecular weight excluding hydrogens is 430 g/mol. The number of nitrogens with two attached hydrogens (primary N) is 1. The van der Waals surface area contributed by atoms with Gasteiger partial charge in [0.25, 0.3) is 0 Å². The molecule has 2 N–H and O–H groups in total. The Kier molecular flexibility index (Phi) is 8.69. The van der Waals surface area contributed by atoms with Gasteiger partial charge in [0.05, 0.1) is 19.3 Å². The summed E-state index contributed by atoms with van der Waals surface area (Å²) in [6, 6.07) is 16.9.